The fourth-order valence-electron chi connectivity index (χ4n) is 6.50. The zero-order valence-electron chi connectivity index (χ0n) is 24.8. The number of rotatable bonds is 3. The fraction of sp³-hybridized carbons (Fsp3) is 0.452. The van der Waals surface area contributed by atoms with Crippen LogP contribution in [0.25, 0.3) is 32.1 Å². The Balaban J connectivity index is 0.000000352. The van der Waals surface area contributed by atoms with E-state index in [-0.39, 0.29) is 43.4 Å². The van der Waals surface area contributed by atoms with Gasteiger partial charge in [-0.3, -0.25) is 4.90 Å². The summed E-state index contributed by atoms with van der Waals surface area (Å²) in [5.41, 5.74) is 2.69. The lowest BCUT2D eigenvalue weighted by Crippen LogP contribution is -2.27. The molecule has 5 heterocycles. The number of methoxy groups -OCH3 is 1. The van der Waals surface area contributed by atoms with Gasteiger partial charge in [-0.15, -0.1) is 11.3 Å². The molecule has 7 rings (SSSR count). The van der Waals surface area contributed by atoms with Crippen LogP contribution in [-0.2, 0) is 10.9 Å². The van der Waals surface area contributed by atoms with E-state index in [0.29, 0.717) is 56.6 Å². The first-order valence-electron chi connectivity index (χ1n) is 14.8. The molecule has 0 bridgehead atoms. The molecule has 0 radical (unpaired) electrons. The molecule has 8 nitrogen and oxygen atoms in total. The van der Waals surface area contributed by atoms with Crippen molar-refractivity contribution >= 4 is 43.1 Å². The Morgan fingerprint density at radius 2 is 1.93 bits per heavy atom. The molecule has 46 heavy (non-hydrogen) atoms. The van der Waals surface area contributed by atoms with E-state index >= 15 is 4.39 Å². The second kappa shape index (κ2) is 12.7. The normalized spacial score (nSPS) is 20.3. The van der Waals surface area contributed by atoms with Crippen molar-refractivity contribution in [3.05, 3.63) is 41.0 Å². The molecule has 15 heteroatoms. The van der Waals surface area contributed by atoms with Gasteiger partial charge < -0.3 is 20.1 Å². The molecule has 3 saturated heterocycles. The second-order valence-corrected chi connectivity index (χ2v) is 12.4. The summed E-state index contributed by atoms with van der Waals surface area (Å²) >= 11 is 0.703. The number of nitrogens with two attached hydrogens (primary N) is 1. The number of nitrogen functional groups attached to an aromatic ring is 1. The minimum absolute atomic E-state index is 0.0741. The van der Waals surface area contributed by atoms with Gasteiger partial charge in [-0.2, -0.15) is 28.4 Å². The largest absolute Gasteiger partial charge is 0.467 e. The van der Waals surface area contributed by atoms with Crippen LogP contribution in [0.2, 0.25) is 0 Å². The number of hydrogen-bond acceptors (Lipinski definition) is 9. The predicted octanol–water partition coefficient (Wildman–Crippen LogP) is 6.69. The van der Waals surface area contributed by atoms with Crippen LogP contribution in [0.5, 0.6) is 6.01 Å². The smallest absolute Gasteiger partial charge is 0.417 e. The Morgan fingerprint density at radius 3 is 2.65 bits per heavy atom. The van der Waals surface area contributed by atoms with E-state index in [1.807, 2.05) is 0 Å². The molecule has 2 aromatic carbocycles. The molecule has 2 N–H and O–H groups in total. The van der Waals surface area contributed by atoms with Gasteiger partial charge in [0, 0.05) is 48.6 Å². The maximum atomic E-state index is 16.3. The Kier molecular flexibility index (Phi) is 8.88. The summed E-state index contributed by atoms with van der Waals surface area (Å²) in [6.07, 6.45) is -1.61. The van der Waals surface area contributed by atoms with Gasteiger partial charge in [-0.25, -0.2) is 13.2 Å². The SMILES string of the molecule is COc1nc(N2CCCOCC2)c2cc(C(F)(F)F)c(-c3ccc(F)c4sc(N)c(C#N)c34)c(F)c2n1.FC1CC2CCCN2C1. The standard InChI is InChI=1S/C24H18F5N5O2S.C7H12FN/c1-35-23-32-19-12(22(33-23)34-5-2-7-36-8-6-34)9-14(24(27,28)29)17(18(19)26)11-3-4-15(25)20-16(11)13(10-30)21(31)37-20;8-6-4-7-2-1-3-9(7)5-6/h3-4,9H,2,5-8,31H2,1H3;6-7H,1-5H2. The first-order chi connectivity index (χ1) is 22.0. The minimum Gasteiger partial charge on any atom is -0.467 e. The van der Waals surface area contributed by atoms with Gasteiger partial charge in [-0.05, 0) is 49.9 Å². The number of ether oxygens (including phenoxy) is 2. The van der Waals surface area contributed by atoms with E-state index in [1.165, 1.54) is 20.0 Å². The number of alkyl halides is 4. The lowest BCUT2D eigenvalue weighted by molar-refractivity contribution is -0.137. The van der Waals surface area contributed by atoms with E-state index in [1.54, 1.807) is 11.0 Å². The van der Waals surface area contributed by atoms with E-state index in [9.17, 15) is 27.2 Å². The Morgan fingerprint density at radius 1 is 1.13 bits per heavy atom. The Labute approximate surface area is 264 Å². The van der Waals surface area contributed by atoms with Crippen LogP contribution < -0.4 is 15.4 Å². The van der Waals surface area contributed by atoms with E-state index < -0.39 is 40.6 Å². The minimum atomic E-state index is -5.02. The van der Waals surface area contributed by atoms with E-state index in [0.717, 1.165) is 31.2 Å². The molecule has 3 aliphatic rings. The highest BCUT2D eigenvalue weighted by molar-refractivity contribution is 7.23. The lowest BCUT2D eigenvalue weighted by Gasteiger charge is -2.24. The number of thiophene rings is 1. The van der Waals surface area contributed by atoms with E-state index in [4.69, 9.17) is 15.2 Å². The summed E-state index contributed by atoms with van der Waals surface area (Å²) in [7, 11) is 1.26. The van der Waals surface area contributed by atoms with Crippen LogP contribution >= 0.6 is 11.3 Å². The number of aromatic nitrogens is 2. The third-order valence-corrected chi connectivity index (χ3v) is 9.59. The lowest BCUT2D eigenvalue weighted by atomic mass is 9.92. The molecule has 2 atom stereocenters. The molecule has 0 aliphatic carbocycles. The number of nitriles is 1. The Hall–Kier alpha value is -3.87. The molecule has 0 saturated carbocycles. The molecule has 0 amide bonds. The van der Waals surface area contributed by atoms with Crippen molar-refractivity contribution in [1.29, 1.82) is 5.26 Å². The number of fused-ring (bicyclic) bond motifs is 3. The van der Waals surface area contributed by atoms with Crippen molar-refractivity contribution in [2.24, 2.45) is 0 Å². The van der Waals surface area contributed by atoms with Crippen LogP contribution in [0.1, 0.15) is 36.8 Å². The second-order valence-electron chi connectivity index (χ2n) is 11.4. The van der Waals surface area contributed by atoms with Gasteiger partial charge >= 0.3 is 12.2 Å². The summed E-state index contributed by atoms with van der Waals surface area (Å²) in [4.78, 5) is 12.3. The van der Waals surface area contributed by atoms with Gasteiger partial charge in [0.05, 0.1) is 29.5 Å². The molecule has 0 spiro atoms. The van der Waals surface area contributed by atoms with Gasteiger partial charge in [0.2, 0.25) is 0 Å². The maximum absolute atomic E-state index is 16.3. The van der Waals surface area contributed by atoms with Gasteiger partial charge in [-0.1, -0.05) is 6.07 Å². The third-order valence-electron chi connectivity index (χ3n) is 8.56. The van der Waals surface area contributed by atoms with Crippen LogP contribution in [0, 0.1) is 23.0 Å². The Bertz CT molecular complexity index is 1810. The molecule has 3 aliphatic heterocycles. The van der Waals surface area contributed by atoms with Crippen LogP contribution in [0.15, 0.2) is 18.2 Å². The molecule has 2 unspecified atom stereocenters. The summed E-state index contributed by atoms with van der Waals surface area (Å²) in [5.74, 6) is -2.02. The first-order valence-corrected chi connectivity index (χ1v) is 15.6. The van der Waals surface area contributed by atoms with Crippen molar-refractivity contribution in [1.82, 2.24) is 14.9 Å². The molecule has 2 aromatic heterocycles. The molecule has 4 aromatic rings. The third kappa shape index (κ3) is 5.89. The number of nitrogens with zero attached hydrogens (tertiary/aromatic N) is 5. The summed E-state index contributed by atoms with van der Waals surface area (Å²) < 4.78 is 97.3. The first kappa shape index (κ1) is 32.1. The van der Waals surface area contributed by atoms with Gasteiger partial charge in [0.15, 0.2) is 5.82 Å². The molecule has 244 valence electrons. The highest BCUT2D eigenvalue weighted by Gasteiger charge is 2.39. The topological polar surface area (TPSA) is 101 Å². The van der Waals surface area contributed by atoms with Crippen LogP contribution in [0.3, 0.4) is 0 Å². The van der Waals surface area contributed by atoms with Crippen molar-refractivity contribution in [2.75, 3.05) is 57.1 Å². The number of halogens is 6. The number of hydrogen-bond donors (Lipinski definition) is 1. The molecular weight excluding hydrogens is 634 g/mol. The van der Waals surface area contributed by atoms with Gasteiger partial charge in [0.1, 0.15) is 34.4 Å². The average molecular weight is 665 g/mol. The summed E-state index contributed by atoms with van der Waals surface area (Å²) in [6.45, 7) is 3.37. The van der Waals surface area contributed by atoms with E-state index in [2.05, 4.69) is 14.9 Å². The van der Waals surface area contributed by atoms with Crippen LogP contribution in [-0.4, -0.2) is 73.6 Å². The van der Waals surface area contributed by atoms with Crippen molar-refractivity contribution in [3.63, 3.8) is 0 Å². The monoisotopic (exact) mass is 664 g/mol. The zero-order chi connectivity index (χ0) is 32.7. The average Bonchev–Trinajstić information content (AvgIpc) is 3.62. The zero-order valence-corrected chi connectivity index (χ0v) is 25.6. The van der Waals surface area contributed by atoms with Crippen LogP contribution in [0.4, 0.5) is 37.2 Å². The molecular formula is C31H30F6N6O2S. The van der Waals surface area contributed by atoms with Crippen molar-refractivity contribution < 1.29 is 35.8 Å². The summed E-state index contributed by atoms with van der Waals surface area (Å²) in [6, 6.07) is 4.88. The van der Waals surface area contributed by atoms with Crippen molar-refractivity contribution in [2.45, 2.75) is 44.1 Å². The number of anilines is 2. The summed E-state index contributed by atoms with van der Waals surface area (Å²) in [5, 5.41) is 9.14. The molecule has 3 fully saturated rings. The number of benzene rings is 2. The van der Waals surface area contributed by atoms with Gasteiger partial charge in [0.25, 0.3) is 0 Å². The maximum Gasteiger partial charge on any atom is 0.417 e. The predicted molar refractivity (Wildman–Crippen MR) is 163 cm³/mol. The fourth-order valence-corrected chi connectivity index (χ4v) is 7.45. The highest BCUT2D eigenvalue weighted by atomic mass is 32.1. The highest BCUT2D eigenvalue weighted by Crippen LogP contribution is 2.48. The van der Waals surface area contributed by atoms with Crippen molar-refractivity contribution in [3.8, 4) is 23.2 Å². The quantitative estimate of drug-likeness (QED) is 0.242.